The summed E-state index contributed by atoms with van der Waals surface area (Å²) in [5.74, 6) is 0.782. The number of anilines is 1. The van der Waals surface area contributed by atoms with E-state index in [2.05, 4.69) is 0 Å². The van der Waals surface area contributed by atoms with E-state index in [4.69, 9.17) is 22.1 Å². The van der Waals surface area contributed by atoms with Crippen LogP contribution in [0.4, 0.5) is 5.69 Å². The van der Waals surface area contributed by atoms with Gasteiger partial charge in [0.15, 0.2) is 0 Å². The van der Waals surface area contributed by atoms with Gasteiger partial charge < -0.3 is 15.6 Å². The summed E-state index contributed by atoms with van der Waals surface area (Å²) in [4.78, 5) is 0. The van der Waals surface area contributed by atoms with E-state index in [0.717, 1.165) is 23.3 Å². The summed E-state index contributed by atoms with van der Waals surface area (Å²) in [7, 11) is 0. The van der Waals surface area contributed by atoms with E-state index in [0.29, 0.717) is 22.9 Å². The molecule has 1 aliphatic heterocycles. The lowest BCUT2D eigenvalue weighted by molar-refractivity contribution is 0.214. The molecule has 1 heterocycles. The number of para-hydroxylation sites is 1. The first kappa shape index (κ1) is 12.3. The van der Waals surface area contributed by atoms with E-state index < -0.39 is 6.10 Å². The van der Waals surface area contributed by atoms with Crippen molar-refractivity contribution in [2.45, 2.75) is 12.5 Å². The van der Waals surface area contributed by atoms with Crippen molar-refractivity contribution in [2.24, 2.45) is 0 Å². The predicted molar refractivity (Wildman–Crippen MR) is 75.6 cm³/mol. The fourth-order valence-electron chi connectivity index (χ4n) is 2.42. The lowest BCUT2D eigenvalue weighted by Gasteiger charge is -2.16. The Morgan fingerprint density at radius 3 is 2.84 bits per heavy atom. The Kier molecular flexibility index (Phi) is 3.09. The van der Waals surface area contributed by atoms with Crippen molar-refractivity contribution in [1.82, 2.24) is 0 Å². The van der Waals surface area contributed by atoms with Gasteiger partial charge in [0.1, 0.15) is 11.9 Å². The zero-order valence-electron chi connectivity index (χ0n) is 10.3. The SMILES string of the molecule is Nc1cc(Cl)ccc1C(O)c1cccc2c1OCC2. The molecule has 0 bridgehead atoms. The number of ether oxygens (including phenoxy) is 1. The van der Waals surface area contributed by atoms with Crippen LogP contribution in [0.15, 0.2) is 36.4 Å². The topological polar surface area (TPSA) is 55.5 Å². The van der Waals surface area contributed by atoms with Gasteiger partial charge >= 0.3 is 0 Å². The smallest absolute Gasteiger partial charge is 0.128 e. The molecule has 0 saturated heterocycles. The fraction of sp³-hybridized carbons (Fsp3) is 0.200. The van der Waals surface area contributed by atoms with Crippen molar-refractivity contribution >= 4 is 17.3 Å². The molecule has 0 radical (unpaired) electrons. The molecule has 0 aliphatic carbocycles. The van der Waals surface area contributed by atoms with E-state index >= 15 is 0 Å². The van der Waals surface area contributed by atoms with Crippen LogP contribution in [0.2, 0.25) is 5.02 Å². The second-order valence-electron chi connectivity index (χ2n) is 4.61. The number of aliphatic hydroxyl groups is 1. The Labute approximate surface area is 116 Å². The molecule has 0 amide bonds. The van der Waals surface area contributed by atoms with Crippen molar-refractivity contribution < 1.29 is 9.84 Å². The summed E-state index contributed by atoms with van der Waals surface area (Å²) >= 11 is 5.88. The van der Waals surface area contributed by atoms with Gasteiger partial charge in [0.2, 0.25) is 0 Å². The maximum atomic E-state index is 10.5. The van der Waals surface area contributed by atoms with Gasteiger partial charge in [-0.05, 0) is 17.7 Å². The molecule has 4 heteroatoms. The summed E-state index contributed by atoms with van der Waals surface area (Å²) in [5, 5.41) is 11.1. The van der Waals surface area contributed by atoms with Crippen LogP contribution < -0.4 is 10.5 Å². The van der Waals surface area contributed by atoms with Crippen LogP contribution in [-0.2, 0) is 6.42 Å². The molecule has 0 fully saturated rings. The molecule has 0 spiro atoms. The number of nitrogens with two attached hydrogens (primary N) is 1. The Bertz CT molecular complexity index is 628. The summed E-state index contributed by atoms with van der Waals surface area (Å²) in [6.07, 6.45) is 0.0803. The third-order valence-electron chi connectivity index (χ3n) is 3.38. The number of benzene rings is 2. The highest BCUT2D eigenvalue weighted by Gasteiger charge is 2.22. The molecule has 3 rings (SSSR count). The quantitative estimate of drug-likeness (QED) is 0.829. The van der Waals surface area contributed by atoms with E-state index in [1.807, 2.05) is 18.2 Å². The van der Waals surface area contributed by atoms with Gasteiger partial charge in [0.05, 0.1) is 6.61 Å². The zero-order chi connectivity index (χ0) is 13.4. The Balaban J connectivity index is 2.05. The molecule has 3 N–H and O–H groups in total. The van der Waals surface area contributed by atoms with Crippen LogP contribution in [0.3, 0.4) is 0 Å². The normalized spacial score (nSPS) is 14.8. The highest BCUT2D eigenvalue weighted by molar-refractivity contribution is 6.30. The Hall–Kier alpha value is -1.71. The second kappa shape index (κ2) is 4.76. The summed E-state index contributed by atoms with van der Waals surface area (Å²) in [5.41, 5.74) is 8.93. The van der Waals surface area contributed by atoms with Crippen LogP contribution in [0.25, 0.3) is 0 Å². The maximum absolute atomic E-state index is 10.5. The number of hydrogen-bond donors (Lipinski definition) is 2. The van der Waals surface area contributed by atoms with Crippen molar-refractivity contribution in [2.75, 3.05) is 12.3 Å². The lowest BCUT2D eigenvalue weighted by Crippen LogP contribution is -2.05. The Morgan fingerprint density at radius 2 is 2.05 bits per heavy atom. The van der Waals surface area contributed by atoms with Crippen molar-refractivity contribution in [3.63, 3.8) is 0 Å². The van der Waals surface area contributed by atoms with Crippen LogP contribution in [0, 0.1) is 0 Å². The minimum absolute atomic E-state index is 0.482. The van der Waals surface area contributed by atoms with Gasteiger partial charge in [-0.2, -0.15) is 0 Å². The average molecular weight is 276 g/mol. The van der Waals surface area contributed by atoms with Crippen LogP contribution in [0.1, 0.15) is 22.8 Å². The molecule has 3 nitrogen and oxygen atoms in total. The van der Waals surface area contributed by atoms with E-state index in [-0.39, 0.29) is 0 Å². The molecule has 2 aromatic carbocycles. The molecule has 0 aromatic heterocycles. The standard InChI is InChI=1S/C15H14ClNO2/c16-10-4-5-11(13(17)8-10)14(18)12-3-1-2-9-6-7-19-15(9)12/h1-5,8,14,18H,6-7,17H2. The van der Waals surface area contributed by atoms with Crippen molar-refractivity contribution in [3.8, 4) is 5.75 Å². The predicted octanol–water partition coefficient (Wildman–Crippen LogP) is 2.94. The van der Waals surface area contributed by atoms with Gasteiger partial charge in [-0.25, -0.2) is 0 Å². The van der Waals surface area contributed by atoms with Crippen LogP contribution in [-0.4, -0.2) is 11.7 Å². The summed E-state index contributed by atoms with van der Waals surface area (Å²) < 4.78 is 5.61. The molecular formula is C15H14ClNO2. The molecule has 0 saturated carbocycles. The van der Waals surface area contributed by atoms with Crippen molar-refractivity contribution in [1.29, 1.82) is 0 Å². The first-order chi connectivity index (χ1) is 9.16. The minimum atomic E-state index is -0.801. The van der Waals surface area contributed by atoms with Crippen LogP contribution >= 0.6 is 11.6 Å². The first-order valence-corrected chi connectivity index (χ1v) is 6.52. The third-order valence-corrected chi connectivity index (χ3v) is 3.62. The lowest BCUT2D eigenvalue weighted by atomic mass is 9.97. The molecule has 98 valence electrons. The number of hydrogen-bond acceptors (Lipinski definition) is 3. The second-order valence-corrected chi connectivity index (χ2v) is 5.05. The summed E-state index contributed by atoms with van der Waals surface area (Å²) in [6, 6.07) is 10.9. The molecule has 1 unspecified atom stereocenters. The number of aliphatic hydroxyl groups excluding tert-OH is 1. The highest BCUT2D eigenvalue weighted by atomic mass is 35.5. The summed E-state index contributed by atoms with van der Waals surface area (Å²) in [6.45, 7) is 0.662. The fourth-order valence-corrected chi connectivity index (χ4v) is 2.60. The third kappa shape index (κ3) is 2.15. The largest absolute Gasteiger partial charge is 0.493 e. The van der Waals surface area contributed by atoms with Crippen molar-refractivity contribution in [3.05, 3.63) is 58.1 Å². The van der Waals surface area contributed by atoms with Gasteiger partial charge in [-0.15, -0.1) is 0 Å². The van der Waals surface area contributed by atoms with Gasteiger partial charge in [0.25, 0.3) is 0 Å². The molecule has 2 aromatic rings. The van der Waals surface area contributed by atoms with Crippen LogP contribution in [0.5, 0.6) is 5.75 Å². The van der Waals surface area contributed by atoms with Gasteiger partial charge in [-0.1, -0.05) is 35.9 Å². The average Bonchev–Trinajstić information content (AvgIpc) is 2.86. The minimum Gasteiger partial charge on any atom is -0.493 e. The van der Waals surface area contributed by atoms with Gasteiger partial charge in [0, 0.05) is 28.3 Å². The molecule has 1 atom stereocenters. The van der Waals surface area contributed by atoms with E-state index in [1.165, 1.54) is 0 Å². The molecule has 19 heavy (non-hydrogen) atoms. The zero-order valence-corrected chi connectivity index (χ0v) is 11.0. The Morgan fingerprint density at radius 1 is 1.21 bits per heavy atom. The van der Waals surface area contributed by atoms with Gasteiger partial charge in [-0.3, -0.25) is 0 Å². The van der Waals surface area contributed by atoms with E-state index in [9.17, 15) is 5.11 Å². The highest BCUT2D eigenvalue weighted by Crippen LogP contribution is 2.37. The number of nitrogen functional groups attached to an aromatic ring is 1. The maximum Gasteiger partial charge on any atom is 0.128 e. The van der Waals surface area contributed by atoms with E-state index in [1.54, 1.807) is 18.2 Å². The number of halogens is 1. The molecule has 1 aliphatic rings. The number of fused-ring (bicyclic) bond motifs is 1. The number of rotatable bonds is 2. The monoisotopic (exact) mass is 275 g/mol. The molecular weight excluding hydrogens is 262 g/mol. The first-order valence-electron chi connectivity index (χ1n) is 6.14.